The van der Waals surface area contributed by atoms with Crippen LogP contribution in [0.4, 0.5) is 0 Å². The molecule has 1 aliphatic rings. The summed E-state index contributed by atoms with van der Waals surface area (Å²) in [7, 11) is 0. The molecule has 0 aromatic carbocycles. The van der Waals surface area contributed by atoms with Gasteiger partial charge in [-0.1, -0.05) is 0 Å². The van der Waals surface area contributed by atoms with Gasteiger partial charge in [-0.2, -0.15) is 0 Å². The summed E-state index contributed by atoms with van der Waals surface area (Å²) in [6.07, 6.45) is 8.19. The lowest BCUT2D eigenvalue weighted by molar-refractivity contribution is -0.150. The first-order valence-electron chi connectivity index (χ1n) is 6.52. The highest BCUT2D eigenvalue weighted by Gasteiger charge is 2.36. The van der Waals surface area contributed by atoms with E-state index in [0.717, 1.165) is 45.4 Å². The largest absolute Gasteiger partial charge is 0.481 e. The topological polar surface area (TPSA) is 58.4 Å². The van der Waals surface area contributed by atoms with Gasteiger partial charge in [0.15, 0.2) is 0 Å². The van der Waals surface area contributed by atoms with E-state index in [-0.39, 0.29) is 0 Å². The highest BCUT2D eigenvalue weighted by molar-refractivity contribution is 5.74. The van der Waals surface area contributed by atoms with Crippen LogP contribution in [-0.2, 0) is 11.3 Å². The third-order valence-corrected chi connectivity index (χ3v) is 3.93. The van der Waals surface area contributed by atoms with Gasteiger partial charge in [-0.25, -0.2) is 4.98 Å². The van der Waals surface area contributed by atoms with E-state index in [1.807, 2.05) is 19.4 Å². The van der Waals surface area contributed by atoms with Crippen molar-refractivity contribution in [2.75, 3.05) is 19.6 Å². The van der Waals surface area contributed by atoms with Crippen LogP contribution in [0.15, 0.2) is 18.7 Å². The van der Waals surface area contributed by atoms with Crippen molar-refractivity contribution in [1.82, 2.24) is 14.5 Å². The van der Waals surface area contributed by atoms with Gasteiger partial charge in [-0.15, -0.1) is 0 Å². The number of carboxylic acid groups (broad SMARTS) is 1. The van der Waals surface area contributed by atoms with Crippen molar-refractivity contribution in [3.63, 3.8) is 0 Å². The van der Waals surface area contributed by atoms with Crippen LogP contribution in [0, 0.1) is 5.41 Å². The van der Waals surface area contributed by atoms with Gasteiger partial charge in [0.2, 0.25) is 0 Å². The Hall–Kier alpha value is -1.36. The molecule has 1 aromatic rings. The summed E-state index contributed by atoms with van der Waals surface area (Å²) >= 11 is 0. The molecule has 5 nitrogen and oxygen atoms in total. The van der Waals surface area contributed by atoms with Gasteiger partial charge in [0.05, 0.1) is 11.7 Å². The molecule has 1 aliphatic heterocycles. The molecule has 0 spiro atoms. The van der Waals surface area contributed by atoms with Crippen molar-refractivity contribution in [1.29, 1.82) is 0 Å². The number of imidazole rings is 1. The molecule has 0 saturated carbocycles. The Kier molecular flexibility index (Phi) is 4.01. The number of hydrogen-bond acceptors (Lipinski definition) is 3. The maximum atomic E-state index is 11.1. The van der Waals surface area contributed by atoms with Crippen molar-refractivity contribution in [3.8, 4) is 0 Å². The van der Waals surface area contributed by atoms with Crippen molar-refractivity contribution < 1.29 is 9.90 Å². The van der Waals surface area contributed by atoms with E-state index in [9.17, 15) is 4.79 Å². The average molecular weight is 251 g/mol. The zero-order valence-electron chi connectivity index (χ0n) is 10.9. The van der Waals surface area contributed by atoms with Crippen LogP contribution in [0.2, 0.25) is 0 Å². The molecular weight excluding hydrogens is 230 g/mol. The van der Waals surface area contributed by atoms with Gasteiger partial charge in [-0.3, -0.25) is 4.79 Å². The quantitative estimate of drug-likeness (QED) is 0.860. The molecule has 1 aromatic heterocycles. The number of rotatable bonds is 5. The molecule has 0 amide bonds. The van der Waals surface area contributed by atoms with Gasteiger partial charge >= 0.3 is 5.97 Å². The van der Waals surface area contributed by atoms with E-state index in [1.165, 1.54) is 0 Å². The lowest BCUT2D eigenvalue weighted by atomic mass is 9.80. The Labute approximate surface area is 107 Å². The lowest BCUT2D eigenvalue weighted by Gasteiger charge is -2.36. The molecule has 0 unspecified atom stereocenters. The fourth-order valence-electron chi connectivity index (χ4n) is 2.38. The van der Waals surface area contributed by atoms with Gasteiger partial charge in [0.25, 0.3) is 0 Å². The first-order valence-corrected chi connectivity index (χ1v) is 6.52. The third-order valence-electron chi connectivity index (χ3n) is 3.93. The van der Waals surface area contributed by atoms with E-state index in [2.05, 4.69) is 14.5 Å². The molecule has 2 rings (SSSR count). The number of aliphatic carboxylic acids is 1. The van der Waals surface area contributed by atoms with Gasteiger partial charge in [-0.05, 0) is 45.8 Å². The standard InChI is InChI=1S/C13H21N3O2/c1-13(12(17)18)3-8-15(9-4-13)6-2-7-16-10-5-14-11-16/h5,10-11H,2-4,6-9H2,1H3,(H,17,18). The Balaban J connectivity index is 1.69. The molecule has 0 radical (unpaired) electrons. The predicted octanol–water partition coefficient (Wildman–Crippen LogP) is 1.46. The summed E-state index contributed by atoms with van der Waals surface area (Å²) in [5.41, 5.74) is -0.513. The number of aryl methyl sites for hydroxylation is 1. The molecule has 0 bridgehead atoms. The molecule has 0 atom stereocenters. The SMILES string of the molecule is CC1(C(=O)O)CCN(CCCn2ccnc2)CC1. The first kappa shape index (κ1) is 13.1. The van der Waals surface area contributed by atoms with Crippen LogP contribution in [0.1, 0.15) is 26.2 Å². The molecule has 18 heavy (non-hydrogen) atoms. The predicted molar refractivity (Wildman–Crippen MR) is 68.3 cm³/mol. The Morgan fingerprint density at radius 2 is 2.11 bits per heavy atom. The number of carbonyl (C=O) groups is 1. The second kappa shape index (κ2) is 5.52. The summed E-state index contributed by atoms with van der Waals surface area (Å²) in [4.78, 5) is 17.5. The second-order valence-corrected chi connectivity index (χ2v) is 5.36. The number of carboxylic acids is 1. The summed E-state index contributed by atoms with van der Waals surface area (Å²) in [6.45, 7) is 5.66. The Morgan fingerprint density at radius 3 is 2.67 bits per heavy atom. The van der Waals surface area contributed by atoms with Crippen LogP contribution in [0.5, 0.6) is 0 Å². The van der Waals surface area contributed by atoms with E-state index in [1.54, 1.807) is 6.20 Å². The zero-order valence-corrected chi connectivity index (χ0v) is 10.9. The summed E-state index contributed by atoms with van der Waals surface area (Å²) in [5, 5.41) is 9.16. The van der Waals surface area contributed by atoms with E-state index >= 15 is 0 Å². The fraction of sp³-hybridized carbons (Fsp3) is 0.692. The van der Waals surface area contributed by atoms with Gasteiger partial charge in [0.1, 0.15) is 0 Å². The number of piperidine rings is 1. The first-order chi connectivity index (χ1) is 8.60. The molecule has 2 heterocycles. The van der Waals surface area contributed by atoms with Crippen LogP contribution in [-0.4, -0.2) is 45.2 Å². The number of likely N-dealkylation sites (tertiary alicyclic amines) is 1. The highest BCUT2D eigenvalue weighted by atomic mass is 16.4. The molecule has 1 N–H and O–H groups in total. The molecular formula is C13H21N3O2. The summed E-state index contributed by atoms with van der Waals surface area (Å²) in [5.74, 6) is -0.652. The van der Waals surface area contributed by atoms with Crippen LogP contribution in [0.3, 0.4) is 0 Å². The normalized spacial score (nSPS) is 19.8. The fourth-order valence-corrected chi connectivity index (χ4v) is 2.38. The Bertz CT molecular complexity index is 381. The smallest absolute Gasteiger partial charge is 0.309 e. The van der Waals surface area contributed by atoms with Gasteiger partial charge in [0, 0.05) is 18.9 Å². The van der Waals surface area contributed by atoms with Crippen molar-refractivity contribution >= 4 is 5.97 Å². The van der Waals surface area contributed by atoms with Crippen molar-refractivity contribution in [3.05, 3.63) is 18.7 Å². The molecule has 5 heteroatoms. The molecule has 0 aliphatic carbocycles. The molecule has 1 fully saturated rings. The second-order valence-electron chi connectivity index (χ2n) is 5.36. The van der Waals surface area contributed by atoms with Crippen LogP contribution in [0.25, 0.3) is 0 Å². The number of nitrogens with zero attached hydrogens (tertiary/aromatic N) is 3. The number of hydrogen-bond donors (Lipinski definition) is 1. The minimum absolute atomic E-state index is 0.513. The van der Waals surface area contributed by atoms with Crippen LogP contribution >= 0.6 is 0 Å². The minimum Gasteiger partial charge on any atom is -0.481 e. The maximum Gasteiger partial charge on any atom is 0.309 e. The third kappa shape index (κ3) is 3.10. The minimum atomic E-state index is -0.652. The van der Waals surface area contributed by atoms with Crippen LogP contribution < -0.4 is 0 Å². The molecule has 100 valence electrons. The summed E-state index contributed by atoms with van der Waals surface area (Å²) < 4.78 is 2.07. The van der Waals surface area contributed by atoms with Crippen molar-refractivity contribution in [2.24, 2.45) is 5.41 Å². The maximum absolute atomic E-state index is 11.1. The van der Waals surface area contributed by atoms with E-state index in [0.29, 0.717) is 0 Å². The number of aromatic nitrogens is 2. The Morgan fingerprint density at radius 1 is 1.39 bits per heavy atom. The van der Waals surface area contributed by atoms with Gasteiger partial charge < -0.3 is 14.6 Å². The highest BCUT2D eigenvalue weighted by Crippen LogP contribution is 2.30. The zero-order chi connectivity index (χ0) is 13.0. The van der Waals surface area contributed by atoms with E-state index < -0.39 is 11.4 Å². The van der Waals surface area contributed by atoms with E-state index in [4.69, 9.17) is 5.11 Å². The lowest BCUT2D eigenvalue weighted by Crippen LogP contribution is -2.43. The average Bonchev–Trinajstić information content (AvgIpc) is 2.85. The monoisotopic (exact) mass is 251 g/mol. The summed E-state index contributed by atoms with van der Waals surface area (Å²) in [6, 6.07) is 0. The van der Waals surface area contributed by atoms with Crippen molar-refractivity contribution in [2.45, 2.75) is 32.7 Å². The molecule has 1 saturated heterocycles.